The van der Waals surface area contributed by atoms with Gasteiger partial charge < -0.3 is 4.90 Å². The molecule has 0 saturated carbocycles. The minimum atomic E-state index is -0.0863. The van der Waals surface area contributed by atoms with Crippen molar-refractivity contribution in [3.8, 4) is 0 Å². The molecular weight excluding hydrogens is 338 g/mol. The molecule has 5 nitrogen and oxygen atoms in total. The van der Waals surface area contributed by atoms with Crippen LogP contribution in [0.5, 0.6) is 0 Å². The van der Waals surface area contributed by atoms with Gasteiger partial charge in [-0.05, 0) is 29.3 Å². The third kappa shape index (κ3) is 3.08. The molecule has 134 valence electrons. The molecule has 0 N–H and O–H groups in total. The van der Waals surface area contributed by atoms with Crippen molar-refractivity contribution < 1.29 is 9.59 Å². The maximum atomic E-state index is 13.1. The van der Waals surface area contributed by atoms with E-state index in [9.17, 15) is 9.59 Å². The first-order valence-electron chi connectivity index (χ1n) is 8.82. The van der Waals surface area contributed by atoms with Crippen molar-refractivity contribution in [3.05, 3.63) is 90.5 Å². The molecule has 0 bridgehead atoms. The summed E-state index contributed by atoms with van der Waals surface area (Å²) < 4.78 is 1.48. The van der Waals surface area contributed by atoms with Gasteiger partial charge in [-0.25, -0.2) is 4.98 Å². The predicted molar refractivity (Wildman–Crippen MR) is 105 cm³/mol. The topological polar surface area (TPSA) is 55.2 Å². The smallest absolute Gasteiger partial charge is 0.258 e. The van der Waals surface area contributed by atoms with Gasteiger partial charge >= 0.3 is 0 Å². The predicted octanol–water partition coefficient (Wildman–Crippen LogP) is 4.00. The summed E-state index contributed by atoms with van der Waals surface area (Å²) in [5.41, 5.74) is 3.45. The van der Waals surface area contributed by atoms with E-state index in [1.807, 2.05) is 48.5 Å². The summed E-state index contributed by atoms with van der Waals surface area (Å²) in [5, 5.41) is 0. The van der Waals surface area contributed by atoms with Crippen molar-refractivity contribution in [2.45, 2.75) is 12.3 Å². The van der Waals surface area contributed by atoms with Crippen LogP contribution < -0.4 is 4.90 Å². The van der Waals surface area contributed by atoms with Gasteiger partial charge in [0.05, 0.1) is 0 Å². The van der Waals surface area contributed by atoms with Crippen molar-refractivity contribution in [2.24, 2.45) is 0 Å². The molecule has 4 rings (SSSR count). The average Bonchev–Trinajstić information content (AvgIpc) is 3.37. The Morgan fingerprint density at radius 2 is 1.96 bits per heavy atom. The summed E-state index contributed by atoms with van der Waals surface area (Å²) in [5.74, 6) is -0.191. The van der Waals surface area contributed by atoms with Gasteiger partial charge in [0.25, 0.3) is 5.91 Å². The fourth-order valence-corrected chi connectivity index (χ4v) is 3.66. The number of nitrogens with zero attached hydrogens (tertiary/aromatic N) is 3. The molecule has 3 aromatic rings. The largest absolute Gasteiger partial charge is 0.307 e. The number of amides is 1. The molecule has 0 fully saturated rings. The molecule has 2 aromatic carbocycles. The van der Waals surface area contributed by atoms with Gasteiger partial charge in [-0.3, -0.25) is 14.2 Å². The molecule has 0 saturated heterocycles. The van der Waals surface area contributed by atoms with Crippen LogP contribution >= 0.6 is 0 Å². The first kappa shape index (κ1) is 17.0. The highest BCUT2D eigenvalue weighted by Crippen LogP contribution is 2.41. The molecule has 0 radical (unpaired) electrons. The van der Waals surface area contributed by atoms with Gasteiger partial charge in [0, 0.05) is 42.5 Å². The average molecular weight is 357 g/mol. The van der Waals surface area contributed by atoms with Crippen molar-refractivity contribution in [3.63, 3.8) is 0 Å². The summed E-state index contributed by atoms with van der Waals surface area (Å²) in [6, 6.07) is 15.0. The maximum Gasteiger partial charge on any atom is 0.258 e. The quantitative estimate of drug-likeness (QED) is 0.709. The van der Waals surface area contributed by atoms with Crippen LogP contribution in [0.4, 0.5) is 5.69 Å². The first-order chi connectivity index (χ1) is 13.2. The maximum absolute atomic E-state index is 13.1. The van der Waals surface area contributed by atoms with Gasteiger partial charge in [0.15, 0.2) is 0 Å². The summed E-state index contributed by atoms with van der Waals surface area (Å²) in [7, 11) is 0. The molecule has 5 heteroatoms. The number of aromatic nitrogens is 2. The zero-order valence-electron chi connectivity index (χ0n) is 14.8. The number of rotatable bonds is 4. The van der Waals surface area contributed by atoms with E-state index in [4.69, 9.17) is 0 Å². The van der Waals surface area contributed by atoms with Gasteiger partial charge in [0.2, 0.25) is 5.91 Å². The summed E-state index contributed by atoms with van der Waals surface area (Å²) in [4.78, 5) is 31.4. The van der Waals surface area contributed by atoms with E-state index in [0.717, 1.165) is 16.8 Å². The Hall–Kier alpha value is -3.47. The Bertz CT molecular complexity index is 994. The number of hydrogen-bond acceptors (Lipinski definition) is 3. The molecule has 1 aromatic heterocycles. The number of anilines is 1. The monoisotopic (exact) mass is 357 g/mol. The van der Waals surface area contributed by atoms with Crippen LogP contribution in [-0.2, 0) is 0 Å². The number of benzene rings is 2. The number of carbonyl (C=O) groups excluding carboxylic acids is 2. The van der Waals surface area contributed by atoms with Gasteiger partial charge in [-0.15, -0.1) is 0 Å². The van der Waals surface area contributed by atoms with Crippen molar-refractivity contribution in [2.75, 3.05) is 11.4 Å². The second-order valence-corrected chi connectivity index (χ2v) is 6.53. The highest BCUT2D eigenvalue weighted by atomic mass is 16.2. The van der Waals surface area contributed by atoms with E-state index in [2.05, 4.69) is 11.6 Å². The number of hydrogen-bond donors (Lipinski definition) is 0. The molecule has 1 unspecified atom stereocenters. The van der Waals surface area contributed by atoms with Gasteiger partial charge in [0.1, 0.15) is 6.33 Å². The zero-order valence-corrected chi connectivity index (χ0v) is 14.8. The summed E-state index contributed by atoms with van der Waals surface area (Å²) in [6.45, 7) is 4.36. The van der Waals surface area contributed by atoms with Crippen LogP contribution in [0.3, 0.4) is 0 Å². The molecule has 1 aliphatic rings. The van der Waals surface area contributed by atoms with Crippen molar-refractivity contribution in [1.29, 1.82) is 0 Å². The lowest BCUT2D eigenvalue weighted by atomic mass is 9.93. The van der Waals surface area contributed by atoms with Crippen LogP contribution in [-0.4, -0.2) is 27.9 Å². The third-order valence-corrected chi connectivity index (χ3v) is 4.92. The minimum absolute atomic E-state index is 0.0451. The Morgan fingerprint density at radius 1 is 1.15 bits per heavy atom. The SMILES string of the molecule is C=Cc1cccc2c1C(CC(=O)n1ccnc1)CN2C(=O)c1ccccc1. The van der Waals surface area contributed by atoms with Crippen LogP contribution in [0.15, 0.2) is 73.8 Å². The highest BCUT2D eigenvalue weighted by Gasteiger charge is 2.35. The highest BCUT2D eigenvalue weighted by molar-refractivity contribution is 6.08. The summed E-state index contributed by atoms with van der Waals surface area (Å²) >= 11 is 0. The van der Waals surface area contributed by atoms with E-state index in [1.54, 1.807) is 23.4 Å². The summed E-state index contributed by atoms with van der Waals surface area (Å²) in [6.07, 6.45) is 6.81. The van der Waals surface area contributed by atoms with Gasteiger partial charge in [-0.1, -0.05) is 43.0 Å². The molecule has 0 aliphatic carbocycles. The number of carbonyl (C=O) groups is 2. The van der Waals surface area contributed by atoms with Gasteiger partial charge in [-0.2, -0.15) is 0 Å². The lowest BCUT2D eigenvalue weighted by Crippen LogP contribution is -2.30. The molecule has 27 heavy (non-hydrogen) atoms. The van der Waals surface area contributed by atoms with E-state index < -0.39 is 0 Å². The Balaban J connectivity index is 1.70. The third-order valence-electron chi connectivity index (χ3n) is 4.92. The molecule has 1 aliphatic heterocycles. The Kier molecular flexibility index (Phi) is 4.42. The van der Waals surface area contributed by atoms with E-state index in [1.165, 1.54) is 10.9 Å². The number of imidazole rings is 1. The van der Waals surface area contributed by atoms with Crippen molar-refractivity contribution in [1.82, 2.24) is 9.55 Å². The first-order valence-corrected chi connectivity index (χ1v) is 8.82. The van der Waals surface area contributed by atoms with Crippen LogP contribution in [0, 0.1) is 0 Å². The minimum Gasteiger partial charge on any atom is -0.307 e. The second-order valence-electron chi connectivity index (χ2n) is 6.53. The Labute approximate surface area is 157 Å². The molecule has 1 amide bonds. The van der Waals surface area contributed by atoms with Crippen LogP contribution in [0.25, 0.3) is 6.08 Å². The normalized spacial score (nSPS) is 15.4. The van der Waals surface area contributed by atoms with E-state index >= 15 is 0 Å². The Morgan fingerprint density at radius 3 is 2.67 bits per heavy atom. The molecule has 0 spiro atoms. The zero-order chi connectivity index (χ0) is 18.8. The number of fused-ring (bicyclic) bond motifs is 1. The van der Waals surface area contributed by atoms with E-state index in [-0.39, 0.29) is 17.7 Å². The lowest BCUT2D eigenvalue weighted by molar-refractivity contribution is 0.0890. The van der Waals surface area contributed by atoms with Crippen LogP contribution in [0.2, 0.25) is 0 Å². The standard InChI is InChI=1S/C22H19N3O2/c1-2-16-9-6-10-19-21(16)18(13-20(26)24-12-11-23-15-24)14-25(19)22(27)17-7-4-3-5-8-17/h2-12,15,18H,1,13-14H2. The van der Waals surface area contributed by atoms with Crippen LogP contribution in [0.1, 0.15) is 38.6 Å². The fraction of sp³-hybridized carbons (Fsp3) is 0.136. The van der Waals surface area contributed by atoms with Crippen molar-refractivity contribution >= 4 is 23.6 Å². The van der Waals surface area contributed by atoms with E-state index in [0.29, 0.717) is 18.5 Å². The lowest BCUT2D eigenvalue weighted by Gasteiger charge is -2.18. The second kappa shape index (κ2) is 7.03. The molecule has 2 heterocycles. The molecular formula is C22H19N3O2. The fourth-order valence-electron chi connectivity index (χ4n) is 3.66. The molecule has 1 atom stereocenters.